The number of carbonyl (C=O) groups is 3. The van der Waals surface area contributed by atoms with Gasteiger partial charge in [0.25, 0.3) is 0 Å². The number of hydrogen-bond acceptors (Lipinski definition) is 4. The van der Waals surface area contributed by atoms with Gasteiger partial charge in [-0.2, -0.15) is 0 Å². The highest BCUT2D eigenvalue weighted by atomic mass is 16.5. The fourth-order valence-corrected chi connectivity index (χ4v) is 1.63. The van der Waals surface area contributed by atoms with E-state index in [9.17, 15) is 14.4 Å². The molecule has 1 rings (SSSR count). The summed E-state index contributed by atoms with van der Waals surface area (Å²) in [4.78, 5) is 34.5. The van der Waals surface area contributed by atoms with Crippen molar-refractivity contribution >= 4 is 17.7 Å². The first-order chi connectivity index (χ1) is 9.54. The van der Waals surface area contributed by atoms with E-state index in [0.717, 1.165) is 5.56 Å². The van der Waals surface area contributed by atoms with Crippen molar-refractivity contribution in [1.82, 2.24) is 5.32 Å². The number of rotatable bonds is 7. The van der Waals surface area contributed by atoms with E-state index >= 15 is 0 Å². The minimum absolute atomic E-state index is 0.00559. The standard InChI is InChI=1S/C15H19NO4/c1-11(13(17)8-9-14(18)20-2)15(19)16-10-12-6-4-3-5-7-12/h3-7,11H,8-10H2,1-2H3,(H,16,19). The van der Waals surface area contributed by atoms with Gasteiger partial charge in [0.15, 0.2) is 0 Å². The van der Waals surface area contributed by atoms with Crippen LogP contribution in [0.15, 0.2) is 30.3 Å². The number of esters is 1. The van der Waals surface area contributed by atoms with Crippen molar-refractivity contribution in [3.8, 4) is 0 Å². The number of ketones is 1. The Labute approximate surface area is 118 Å². The van der Waals surface area contributed by atoms with Gasteiger partial charge < -0.3 is 10.1 Å². The van der Waals surface area contributed by atoms with Crippen LogP contribution in [0.1, 0.15) is 25.3 Å². The van der Waals surface area contributed by atoms with E-state index in [1.54, 1.807) is 6.92 Å². The van der Waals surface area contributed by atoms with E-state index in [4.69, 9.17) is 0 Å². The molecular weight excluding hydrogens is 258 g/mol. The Bertz CT molecular complexity index is 470. The van der Waals surface area contributed by atoms with E-state index < -0.39 is 11.9 Å². The van der Waals surface area contributed by atoms with Crippen molar-refractivity contribution in [1.29, 1.82) is 0 Å². The maximum Gasteiger partial charge on any atom is 0.305 e. The summed E-state index contributed by atoms with van der Waals surface area (Å²) in [5.74, 6) is -1.80. The molecule has 1 unspecified atom stereocenters. The van der Waals surface area contributed by atoms with Crippen LogP contribution in [-0.2, 0) is 25.7 Å². The molecule has 0 saturated carbocycles. The van der Waals surface area contributed by atoms with Gasteiger partial charge in [0.05, 0.1) is 19.4 Å². The molecule has 108 valence electrons. The summed E-state index contributed by atoms with van der Waals surface area (Å²) < 4.78 is 4.45. The van der Waals surface area contributed by atoms with Gasteiger partial charge in [0, 0.05) is 13.0 Å². The highest BCUT2D eigenvalue weighted by molar-refractivity contribution is 6.01. The maximum atomic E-state index is 11.8. The molecule has 1 amide bonds. The van der Waals surface area contributed by atoms with Crippen molar-refractivity contribution in [2.24, 2.45) is 5.92 Å². The molecule has 0 aliphatic heterocycles. The van der Waals surface area contributed by atoms with E-state index in [0.29, 0.717) is 6.54 Å². The fraction of sp³-hybridized carbons (Fsp3) is 0.400. The number of Topliss-reactive ketones (excluding diaryl/α,β-unsaturated/α-hetero) is 1. The zero-order valence-electron chi connectivity index (χ0n) is 11.7. The van der Waals surface area contributed by atoms with Crippen molar-refractivity contribution in [2.45, 2.75) is 26.3 Å². The average Bonchev–Trinajstić information content (AvgIpc) is 2.49. The number of methoxy groups -OCH3 is 1. The molecule has 1 aromatic carbocycles. The summed E-state index contributed by atoms with van der Waals surface area (Å²) >= 11 is 0. The maximum absolute atomic E-state index is 11.8. The lowest BCUT2D eigenvalue weighted by molar-refractivity contribution is -0.143. The Morgan fingerprint density at radius 1 is 1.15 bits per heavy atom. The molecule has 0 aromatic heterocycles. The van der Waals surface area contributed by atoms with E-state index in [1.165, 1.54) is 7.11 Å². The van der Waals surface area contributed by atoms with E-state index in [2.05, 4.69) is 10.1 Å². The molecule has 0 spiro atoms. The van der Waals surface area contributed by atoms with Crippen molar-refractivity contribution in [3.63, 3.8) is 0 Å². The van der Waals surface area contributed by atoms with Crippen molar-refractivity contribution in [3.05, 3.63) is 35.9 Å². The van der Waals surface area contributed by atoms with Crippen molar-refractivity contribution in [2.75, 3.05) is 7.11 Å². The van der Waals surface area contributed by atoms with Crippen LogP contribution in [0.25, 0.3) is 0 Å². The Morgan fingerprint density at radius 3 is 2.40 bits per heavy atom. The first-order valence-electron chi connectivity index (χ1n) is 6.45. The Kier molecular flexibility index (Phi) is 6.43. The summed E-state index contributed by atoms with van der Waals surface area (Å²) in [5.41, 5.74) is 0.968. The number of amides is 1. The molecule has 0 bridgehead atoms. The Morgan fingerprint density at radius 2 is 1.80 bits per heavy atom. The summed E-state index contributed by atoms with van der Waals surface area (Å²) in [5, 5.41) is 2.71. The van der Waals surface area contributed by atoms with Gasteiger partial charge in [-0.05, 0) is 12.5 Å². The predicted molar refractivity (Wildman–Crippen MR) is 73.7 cm³/mol. The molecule has 1 N–H and O–H groups in total. The highest BCUT2D eigenvalue weighted by Gasteiger charge is 2.21. The highest BCUT2D eigenvalue weighted by Crippen LogP contribution is 2.05. The molecule has 20 heavy (non-hydrogen) atoms. The summed E-state index contributed by atoms with van der Waals surface area (Å²) in [6.45, 7) is 1.92. The molecule has 0 aliphatic carbocycles. The number of ether oxygens (including phenoxy) is 1. The normalized spacial score (nSPS) is 11.5. The average molecular weight is 277 g/mol. The smallest absolute Gasteiger partial charge is 0.305 e. The van der Waals surface area contributed by atoms with Crippen LogP contribution in [0.2, 0.25) is 0 Å². The molecule has 1 atom stereocenters. The second-order valence-corrected chi connectivity index (χ2v) is 4.47. The summed E-state index contributed by atoms with van der Waals surface area (Å²) in [7, 11) is 1.27. The Hall–Kier alpha value is -2.17. The number of hydrogen-bond donors (Lipinski definition) is 1. The topological polar surface area (TPSA) is 72.5 Å². The lowest BCUT2D eigenvalue weighted by Gasteiger charge is -2.11. The molecule has 0 aliphatic rings. The monoisotopic (exact) mass is 277 g/mol. The lowest BCUT2D eigenvalue weighted by atomic mass is 10.0. The van der Waals surface area contributed by atoms with Gasteiger partial charge >= 0.3 is 5.97 Å². The van der Waals surface area contributed by atoms with Gasteiger partial charge in [-0.3, -0.25) is 14.4 Å². The molecule has 5 nitrogen and oxygen atoms in total. The number of nitrogens with one attached hydrogen (secondary N) is 1. The van der Waals surface area contributed by atoms with Crippen LogP contribution in [0.3, 0.4) is 0 Å². The molecule has 1 aromatic rings. The SMILES string of the molecule is COC(=O)CCC(=O)C(C)C(=O)NCc1ccccc1. The van der Waals surface area contributed by atoms with Gasteiger partial charge in [-0.15, -0.1) is 0 Å². The lowest BCUT2D eigenvalue weighted by Crippen LogP contribution is -2.33. The quantitative estimate of drug-likeness (QED) is 0.605. The molecular formula is C15H19NO4. The fourth-order valence-electron chi connectivity index (χ4n) is 1.63. The summed E-state index contributed by atoms with van der Waals surface area (Å²) in [6, 6.07) is 9.44. The van der Waals surface area contributed by atoms with Gasteiger partial charge in [-0.1, -0.05) is 30.3 Å². The van der Waals surface area contributed by atoms with E-state index in [1.807, 2.05) is 30.3 Å². The van der Waals surface area contributed by atoms with Crippen LogP contribution >= 0.6 is 0 Å². The third-order valence-electron chi connectivity index (χ3n) is 2.99. The van der Waals surface area contributed by atoms with Gasteiger partial charge in [0.2, 0.25) is 5.91 Å². The van der Waals surface area contributed by atoms with Crippen LogP contribution in [0.5, 0.6) is 0 Å². The van der Waals surface area contributed by atoms with Crippen LogP contribution in [0.4, 0.5) is 0 Å². The third kappa shape index (κ3) is 5.22. The molecule has 0 radical (unpaired) electrons. The first kappa shape index (κ1) is 15.9. The van der Waals surface area contributed by atoms with Crippen LogP contribution in [0, 0.1) is 5.92 Å². The predicted octanol–water partition coefficient (Wildman–Crippen LogP) is 1.46. The molecule has 0 fully saturated rings. The molecule has 0 saturated heterocycles. The Balaban J connectivity index is 2.38. The van der Waals surface area contributed by atoms with Gasteiger partial charge in [0.1, 0.15) is 5.78 Å². The zero-order valence-corrected chi connectivity index (χ0v) is 11.7. The summed E-state index contributed by atoms with van der Waals surface area (Å²) in [6.07, 6.45) is 0.0260. The molecule has 0 heterocycles. The van der Waals surface area contributed by atoms with Crippen LogP contribution in [-0.4, -0.2) is 24.8 Å². The largest absolute Gasteiger partial charge is 0.469 e. The third-order valence-corrected chi connectivity index (χ3v) is 2.99. The zero-order chi connectivity index (χ0) is 15.0. The number of benzene rings is 1. The molecule has 5 heteroatoms. The minimum Gasteiger partial charge on any atom is -0.469 e. The van der Waals surface area contributed by atoms with Crippen LogP contribution < -0.4 is 5.32 Å². The van der Waals surface area contributed by atoms with E-state index in [-0.39, 0.29) is 24.5 Å². The van der Waals surface area contributed by atoms with Crippen molar-refractivity contribution < 1.29 is 19.1 Å². The second kappa shape index (κ2) is 8.09. The second-order valence-electron chi connectivity index (χ2n) is 4.47. The van der Waals surface area contributed by atoms with Gasteiger partial charge in [-0.25, -0.2) is 0 Å². The number of carbonyl (C=O) groups excluding carboxylic acids is 3. The minimum atomic E-state index is -0.761. The first-order valence-corrected chi connectivity index (χ1v) is 6.45.